The summed E-state index contributed by atoms with van der Waals surface area (Å²) in [5, 5.41) is 4.77. The van der Waals surface area contributed by atoms with Crippen LogP contribution in [0, 0.1) is 12.8 Å². The van der Waals surface area contributed by atoms with E-state index in [4.69, 9.17) is 32.8 Å². The fraction of sp³-hybridized carbons (Fsp3) is 0.542. The van der Waals surface area contributed by atoms with E-state index in [1.54, 1.807) is 7.05 Å². The zero-order chi connectivity index (χ0) is 23.3. The van der Waals surface area contributed by atoms with E-state index >= 15 is 0 Å². The topological polar surface area (TPSA) is 141 Å². The summed E-state index contributed by atoms with van der Waals surface area (Å²) in [6.07, 6.45) is 10.4. The van der Waals surface area contributed by atoms with Crippen molar-refractivity contribution in [2.45, 2.75) is 64.9 Å². The Kier molecular flexibility index (Phi) is 7.90. The lowest BCUT2D eigenvalue weighted by Crippen LogP contribution is -2.35. The molecule has 2 saturated carbocycles. The van der Waals surface area contributed by atoms with E-state index in [0.29, 0.717) is 35.4 Å². The molecule has 176 valence electrons. The van der Waals surface area contributed by atoms with Gasteiger partial charge in [0.05, 0.1) is 41.3 Å². The molecule has 0 amide bonds. The fourth-order valence-corrected chi connectivity index (χ4v) is 4.08. The highest BCUT2D eigenvalue weighted by Crippen LogP contribution is 2.38. The molecule has 2 aliphatic rings. The van der Waals surface area contributed by atoms with E-state index in [0.717, 1.165) is 48.4 Å². The van der Waals surface area contributed by atoms with Crippen molar-refractivity contribution in [1.82, 2.24) is 15.3 Å². The average molecular weight is 442 g/mol. The van der Waals surface area contributed by atoms with Gasteiger partial charge in [0.15, 0.2) is 0 Å². The van der Waals surface area contributed by atoms with Crippen LogP contribution in [-0.4, -0.2) is 29.7 Å². The van der Waals surface area contributed by atoms with Gasteiger partial charge in [-0.05, 0) is 82.1 Å². The van der Waals surface area contributed by atoms with Crippen molar-refractivity contribution in [2.24, 2.45) is 29.0 Å². The zero-order valence-corrected chi connectivity index (χ0v) is 19.7. The Balaban J connectivity index is 1.76. The summed E-state index contributed by atoms with van der Waals surface area (Å²) in [4.78, 5) is 4.69. The van der Waals surface area contributed by atoms with E-state index in [9.17, 15) is 0 Å². The minimum atomic E-state index is 0.277. The molecule has 0 aliphatic heterocycles. The third kappa shape index (κ3) is 6.32. The number of nitrogens with one attached hydrogen (secondary N) is 1. The summed E-state index contributed by atoms with van der Waals surface area (Å²) in [7, 11) is 1.75. The number of nitrogens with two attached hydrogens (primary N) is 4. The Morgan fingerprint density at radius 2 is 1.84 bits per heavy atom. The van der Waals surface area contributed by atoms with Crippen LogP contribution in [0.2, 0.25) is 0 Å². The molecule has 3 rings (SSSR count). The van der Waals surface area contributed by atoms with Crippen molar-refractivity contribution in [2.75, 3.05) is 13.6 Å². The minimum Gasteiger partial charge on any atom is -0.489 e. The van der Waals surface area contributed by atoms with Crippen molar-refractivity contribution in [3.8, 4) is 5.75 Å². The van der Waals surface area contributed by atoms with Gasteiger partial charge in [-0.3, -0.25) is 0 Å². The molecular formula is C24H39N7O. The quantitative estimate of drug-likeness (QED) is 0.224. The highest BCUT2D eigenvalue weighted by Gasteiger charge is 2.27. The number of hydrogen-bond donors (Lipinski definition) is 5. The summed E-state index contributed by atoms with van der Waals surface area (Å²) in [5.74, 6) is 7.98. The third-order valence-electron chi connectivity index (χ3n) is 6.05. The molecule has 0 bridgehead atoms. The molecule has 1 heterocycles. The highest BCUT2D eigenvalue weighted by atomic mass is 16.5. The third-order valence-corrected chi connectivity index (χ3v) is 6.05. The molecular weight excluding hydrogens is 402 g/mol. The van der Waals surface area contributed by atoms with E-state index < -0.39 is 0 Å². The molecule has 8 heteroatoms. The van der Waals surface area contributed by atoms with Crippen LogP contribution in [0.25, 0.3) is 5.70 Å². The van der Waals surface area contributed by atoms with E-state index in [1.165, 1.54) is 24.3 Å². The van der Waals surface area contributed by atoms with Crippen LogP contribution in [0.1, 0.15) is 63.3 Å². The van der Waals surface area contributed by atoms with Crippen molar-refractivity contribution in [3.63, 3.8) is 0 Å². The van der Waals surface area contributed by atoms with Gasteiger partial charge in [0.25, 0.3) is 0 Å². The molecule has 0 atom stereocenters. The normalized spacial score (nSPS) is 19.2. The number of rotatable bonds is 9. The SMILES string of the molecule is C/C(N)=C/C(=C(\N)NC/C(=C(/N)c1ccc(OC2CCCCC2)c(C)n1)N(C)N)C1CC1. The lowest BCUT2D eigenvalue weighted by atomic mass is 9.98. The number of aromatic nitrogens is 1. The van der Waals surface area contributed by atoms with E-state index in [1.807, 2.05) is 32.1 Å². The van der Waals surface area contributed by atoms with Crippen LogP contribution in [-0.2, 0) is 0 Å². The van der Waals surface area contributed by atoms with E-state index in [2.05, 4.69) is 5.32 Å². The van der Waals surface area contributed by atoms with Crippen LogP contribution in [0.4, 0.5) is 0 Å². The number of allylic oxidation sites excluding steroid dienone is 3. The number of hydrazine groups is 1. The van der Waals surface area contributed by atoms with Gasteiger partial charge in [-0.1, -0.05) is 6.42 Å². The predicted molar refractivity (Wildman–Crippen MR) is 129 cm³/mol. The summed E-state index contributed by atoms with van der Waals surface area (Å²) in [6, 6.07) is 3.84. The summed E-state index contributed by atoms with van der Waals surface area (Å²) < 4.78 is 6.19. The highest BCUT2D eigenvalue weighted by molar-refractivity contribution is 5.63. The maximum atomic E-state index is 6.48. The summed E-state index contributed by atoms with van der Waals surface area (Å²) in [6.45, 7) is 4.19. The second-order valence-electron chi connectivity index (χ2n) is 9.01. The van der Waals surface area contributed by atoms with Gasteiger partial charge in [0.2, 0.25) is 0 Å². The monoisotopic (exact) mass is 441 g/mol. The lowest BCUT2D eigenvalue weighted by molar-refractivity contribution is 0.153. The Morgan fingerprint density at radius 3 is 2.41 bits per heavy atom. The smallest absolute Gasteiger partial charge is 0.140 e. The first-order valence-corrected chi connectivity index (χ1v) is 11.5. The Morgan fingerprint density at radius 1 is 1.16 bits per heavy atom. The average Bonchev–Trinajstić information content (AvgIpc) is 3.59. The van der Waals surface area contributed by atoms with Gasteiger partial charge < -0.3 is 32.3 Å². The Hall–Kier alpha value is -2.87. The molecule has 8 nitrogen and oxygen atoms in total. The van der Waals surface area contributed by atoms with Gasteiger partial charge in [0, 0.05) is 12.7 Å². The lowest BCUT2D eigenvalue weighted by Gasteiger charge is -2.24. The number of nitrogens with zero attached hydrogens (tertiary/aromatic N) is 2. The molecule has 0 aromatic carbocycles. The van der Waals surface area contributed by atoms with Crippen molar-refractivity contribution in [3.05, 3.63) is 52.4 Å². The van der Waals surface area contributed by atoms with Gasteiger partial charge in [-0.2, -0.15) is 0 Å². The van der Waals surface area contributed by atoms with Crippen LogP contribution >= 0.6 is 0 Å². The van der Waals surface area contributed by atoms with Crippen LogP contribution < -0.4 is 33.1 Å². The number of ether oxygens (including phenoxy) is 1. The van der Waals surface area contributed by atoms with Gasteiger partial charge in [-0.25, -0.2) is 10.8 Å². The molecule has 1 aromatic heterocycles. The number of hydrogen-bond acceptors (Lipinski definition) is 8. The second-order valence-corrected chi connectivity index (χ2v) is 9.01. The van der Waals surface area contributed by atoms with Crippen molar-refractivity contribution < 1.29 is 4.74 Å². The zero-order valence-electron chi connectivity index (χ0n) is 19.7. The first-order chi connectivity index (χ1) is 15.3. The Labute approximate surface area is 191 Å². The summed E-state index contributed by atoms with van der Waals surface area (Å²) >= 11 is 0. The molecule has 0 spiro atoms. The molecule has 0 saturated heterocycles. The fourth-order valence-electron chi connectivity index (χ4n) is 4.08. The van der Waals surface area contributed by atoms with Gasteiger partial charge in [-0.15, -0.1) is 0 Å². The van der Waals surface area contributed by atoms with Crippen LogP contribution in [0.5, 0.6) is 5.75 Å². The van der Waals surface area contributed by atoms with Gasteiger partial charge in [0.1, 0.15) is 5.75 Å². The molecule has 9 N–H and O–H groups in total. The number of aryl methyl sites for hydroxylation is 1. The molecule has 2 fully saturated rings. The molecule has 2 aliphatic carbocycles. The maximum Gasteiger partial charge on any atom is 0.140 e. The van der Waals surface area contributed by atoms with Crippen LogP contribution in [0.3, 0.4) is 0 Å². The minimum absolute atomic E-state index is 0.277. The Bertz CT molecular complexity index is 890. The van der Waals surface area contributed by atoms with Gasteiger partial charge >= 0.3 is 0 Å². The van der Waals surface area contributed by atoms with Crippen LogP contribution in [0.15, 0.2) is 41.0 Å². The molecule has 0 unspecified atom stereocenters. The van der Waals surface area contributed by atoms with Crippen molar-refractivity contribution in [1.29, 1.82) is 0 Å². The summed E-state index contributed by atoms with van der Waals surface area (Å²) in [5.41, 5.74) is 23.2. The first kappa shape index (κ1) is 23.8. The van der Waals surface area contributed by atoms with Crippen molar-refractivity contribution >= 4 is 5.70 Å². The largest absolute Gasteiger partial charge is 0.489 e. The van der Waals surface area contributed by atoms with E-state index in [-0.39, 0.29) is 6.10 Å². The maximum absolute atomic E-state index is 6.48. The standard InChI is InChI=1S/C24H39N7O/c1-15(25)13-19(17-9-10-17)24(27)29-14-21(31(3)28)23(26)20-11-12-22(16(2)30-20)32-18-7-5-4-6-8-18/h11-13,17-18,29H,4-10,14,25-28H2,1-3H3/b15-13-,23-21-,24-19-. The number of likely N-dealkylation sites (N-methyl/N-ethyl adjacent to an activating group) is 1. The predicted octanol–water partition coefficient (Wildman–Crippen LogP) is 2.57. The molecule has 0 radical (unpaired) electrons. The number of pyridine rings is 1. The first-order valence-electron chi connectivity index (χ1n) is 11.5. The molecule has 1 aromatic rings. The molecule has 32 heavy (non-hydrogen) atoms. The second kappa shape index (κ2) is 10.6.